The van der Waals surface area contributed by atoms with Crippen LogP contribution >= 0.6 is 0 Å². The summed E-state index contributed by atoms with van der Waals surface area (Å²) >= 11 is 0. The van der Waals surface area contributed by atoms with Gasteiger partial charge in [0.2, 0.25) is 5.91 Å². The Morgan fingerprint density at radius 3 is 1.91 bits per heavy atom. The molecule has 0 saturated heterocycles. The first-order valence-electron chi connectivity index (χ1n) is 10.7. The van der Waals surface area contributed by atoms with E-state index in [-0.39, 0.29) is 17.6 Å². The number of likely N-dealkylation sites (N-methyl/N-ethyl adjacent to an activating group) is 1. The van der Waals surface area contributed by atoms with Gasteiger partial charge >= 0.3 is 5.97 Å². The number of esters is 1. The van der Waals surface area contributed by atoms with Crippen LogP contribution in [-0.2, 0) is 20.7 Å². The quantitative estimate of drug-likeness (QED) is 0.505. The number of benzene rings is 3. The average Bonchev–Trinajstić information content (AvgIpc) is 2.84. The van der Waals surface area contributed by atoms with Gasteiger partial charge in [0, 0.05) is 25.8 Å². The Balaban J connectivity index is 1.73. The number of hydrogen-bond donors (Lipinski definition) is 1. The van der Waals surface area contributed by atoms with Crippen molar-refractivity contribution in [3.8, 4) is 5.75 Å². The maximum Gasteiger partial charge on any atom is 0.328 e. The molecule has 0 aromatic heterocycles. The van der Waals surface area contributed by atoms with E-state index >= 15 is 0 Å². The van der Waals surface area contributed by atoms with Gasteiger partial charge in [-0.05, 0) is 35.2 Å². The largest absolute Gasteiger partial charge is 0.508 e. The van der Waals surface area contributed by atoms with E-state index < -0.39 is 12.0 Å². The number of phenolic OH excluding ortho intramolecular Hbond substituents is 1. The van der Waals surface area contributed by atoms with Crippen molar-refractivity contribution in [3.05, 3.63) is 102 Å². The van der Waals surface area contributed by atoms with E-state index in [9.17, 15) is 14.7 Å². The third kappa shape index (κ3) is 5.97. The third-order valence-corrected chi connectivity index (χ3v) is 5.75. The van der Waals surface area contributed by atoms with E-state index in [1.807, 2.05) is 36.4 Å². The maximum absolute atomic E-state index is 13.1. The predicted molar refractivity (Wildman–Crippen MR) is 124 cm³/mol. The van der Waals surface area contributed by atoms with Gasteiger partial charge in [0.15, 0.2) is 0 Å². The predicted octanol–water partition coefficient (Wildman–Crippen LogP) is 4.55. The van der Waals surface area contributed by atoms with Crippen LogP contribution < -0.4 is 0 Å². The first-order chi connectivity index (χ1) is 15.5. The average molecular weight is 432 g/mol. The summed E-state index contributed by atoms with van der Waals surface area (Å²) in [6.45, 7) is 0. The molecule has 0 aliphatic rings. The van der Waals surface area contributed by atoms with Gasteiger partial charge < -0.3 is 14.7 Å². The number of aromatic hydroxyl groups is 1. The van der Waals surface area contributed by atoms with E-state index in [0.717, 1.165) is 16.7 Å². The Morgan fingerprint density at radius 2 is 1.41 bits per heavy atom. The zero-order valence-corrected chi connectivity index (χ0v) is 18.5. The summed E-state index contributed by atoms with van der Waals surface area (Å²) in [6, 6.07) is 26.2. The van der Waals surface area contributed by atoms with Gasteiger partial charge in [0.25, 0.3) is 0 Å². The van der Waals surface area contributed by atoms with Crippen LogP contribution in [0, 0.1) is 0 Å². The summed E-state index contributed by atoms with van der Waals surface area (Å²) in [5.74, 6) is -0.336. The van der Waals surface area contributed by atoms with Gasteiger partial charge in [-0.3, -0.25) is 4.79 Å². The van der Waals surface area contributed by atoms with Crippen molar-refractivity contribution in [1.29, 1.82) is 0 Å². The maximum atomic E-state index is 13.1. The van der Waals surface area contributed by atoms with Crippen LogP contribution in [0.25, 0.3) is 0 Å². The second-order valence-corrected chi connectivity index (χ2v) is 7.83. The fourth-order valence-electron chi connectivity index (χ4n) is 3.88. The number of phenols is 1. The molecule has 1 N–H and O–H groups in total. The number of hydrogen-bond acceptors (Lipinski definition) is 4. The van der Waals surface area contributed by atoms with Crippen LogP contribution in [-0.4, -0.2) is 42.1 Å². The van der Waals surface area contributed by atoms with Crippen molar-refractivity contribution in [2.75, 3.05) is 14.2 Å². The van der Waals surface area contributed by atoms with Gasteiger partial charge in [0.1, 0.15) is 11.8 Å². The molecular formula is C27H29NO4. The third-order valence-electron chi connectivity index (χ3n) is 5.75. The van der Waals surface area contributed by atoms with Crippen LogP contribution in [0.4, 0.5) is 0 Å². The number of carbonyl (C=O) groups excluding carboxylic acids is 2. The Labute approximate surface area is 189 Å². The monoisotopic (exact) mass is 431 g/mol. The summed E-state index contributed by atoms with van der Waals surface area (Å²) in [4.78, 5) is 27.0. The van der Waals surface area contributed by atoms with Gasteiger partial charge in [-0.25, -0.2) is 4.79 Å². The number of carbonyl (C=O) groups is 2. The normalized spacial score (nSPS) is 11.7. The van der Waals surface area contributed by atoms with E-state index in [1.165, 1.54) is 12.0 Å². The first-order valence-corrected chi connectivity index (χ1v) is 10.7. The van der Waals surface area contributed by atoms with E-state index in [4.69, 9.17) is 4.74 Å². The lowest BCUT2D eigenvalue weighted by molar-refractivity contribution is -0.151. The first kappa shape index (κ1) is 23.1. The molecule has 0 spiro atoms. The summed E-state index contributed by atoms with van der Waals surface area (Å²) < 4.78 is 4.96. The summed E-state index contributed by atoms with van der Waals surface area (Å²) in [5, 5.41) is 9.50. The highest BCUT2D eigenvalue weighted by atomic mass is 16.5. The van der Waals surface area contributed by atoms with Gasteiger partial charge in [-0.15, -0.1) is 0 Å². The fraction of sp³-hybridized carbons (Fsp3) is 0.259. The zero-order valence-electron chi connectivity index (χ0n) is 18.5. The van der Waals surface area contributed by atoms with Crippen LogP contribution in [0.3, 0.4) is 0 Å². The molecule has 3 aromatic carbocycles. The minimum atomic E-state index is -0.732. The van der Waals surface area contributed by atoms with Crippen molar-refractivity contribution in [2.24, 2.45) is 0 Å². The molecule has 0 heterocycles. The Hall–Kier alpha value is -3.60. The number of amides is 1. The SMILES string of the molecule is COC(=O)C(Cc1ccc(O)cc1)N(C)C(=O)CCC(c1ccccc1)c1ccccc1. The van der Waals surface area contributed by atoms with Gasteiger partial charge in [-0.2, -0.15) is 0 Å². The molecule has 1 unspecified atom stereocenters. The van der Waals surface area contributed by atoms with E-state index in [0.29, 0.717) is 19.3 Å². The number of nitrogens with zero attached hydrogens (tertiary/aromatic N) is 1. The van der Waals surface area contributed by atoms with E-state index in [2.05, 4.69) is 24.3 Å². The van der Waals surface area contributed by atoms with E-state index in [1.54, 1.807) is 31.3 Å². The second-order valence-electron chi connectivity index (χ2n) is 7.83. The number of ether oxygens (including phenoxy) is 1. The lowest BCUT2D eigenvalue weighted by Crippen LogP contribution is -2.44. The number of rotatable bonds is 9. The minimum Gasteiger partial charge on any atom is -0.508 e. The molecule has 3 aromatic rings. The molecule has 1 atom stereocenters. The Morgan fingerprint density at radius 1 is 0.875 bits per heavy atom. The van der Waals surface area contributed by atoms with Crippen molar-refractivity contribution >= 4 is 11.9 Å². The lowest BCUT2D eigenvalue weighted by atomic mass is 9.87. The highest BCUT2D eigenvalue weighted by Crippen LogP contribution is 2.29. The molecule has 0 bridgehead atoms. The zero-order chi connectivity index (χ0) is 22.9. The number of methoxy groups -OCH3 is 1. The molecule has 32 heavy (non-hydrogen) atoms. The molecule has 0 aliphatic carbocycles. The Bertz CT molecular complexity index is 963. The van der Waals surface area contributed by atoms with Crippen molar-refractivity contribution in [1.82, 2.24) is 4.90 Å². The lowest BCUT2D eigenvalue weighted by Gasteiger charge is -2.27. The van der Waals surface area contributed by atoms with Crippen molar-refractivity contribution < 1.29 is 19.4 Å². The highest BCUT2D eigenvalue weighted by molar-refractivity contribution is 5.84. The molecule has 5 heteroatoms. The van der Waals surface area contributed by atoms with Gasteiger partial charge in [0.05, 0.1) is 7.11 Å². The molecule has 5 nitrogen and oxygen atoms in total. The summed E-state index contributed by atoms with van der Waals surface area (Å²) in [7, 11) is 2.97. The molecule has 1 amide bonds. The second kappa shape index (κ2) is 11.1. The molecular weight excluding hydrogens is 402 g/mol. The Kier molecular flexibility index (Phi) is 8.03. The van der Waals surface area contributed by atoms with Crippen molar-refractivity contribution in [3.63, 3.8) is 0 Å². The molecule has 0 fully saturated rings. The van der Waals surface area contributed by atoms with Crippen LogP contribution in [0.1, 0.15) is 35.4 Å². The molecule has 0 radical (unpaired) electrons. The molecule has 166 valence electrons. The summed E-state index contributed by atoms with van der Waals surface area (Å²) in [5.41, 5.74) is 3.15. The standard InChI is InChI=1S/C27H29NO4/c1-28(25(27(31)32-2)19-20-13-15-23(29)16-14-20)26(30)18-17-24(21-9-5-3-6-10-21)22-11-7-4-8-12-22/h3-16,24-25,29H,17-19H2,1-2H3. The van der Waals surface area contributed by atoms with Gasteiger partial charge in [-0.1, -0.05) is 72.8 Å². The van der Waals surface area contributed by atoms with Crippen molar-refractivity contribution in [2.45, 2.75) is 31.2 Å². The minimum absolute atomic E-state index is 0.0865. The topological polar surface area (TPSA) is 66.8 Å². The smallest absolute Gasteiger partial charge is 0.328 e. The van der Waals surface area contributed by atoms with Crippen LogP contribution in [0.2, 0.25) is 0 Å². The molecule has 0 aliphatic heterocycles. The summed E-state index contributed by atoms with van der Waals surface area (Å²) in [6.07, 6.45) is 1.24. The van der Waals surface area contributed by atoms with Crippen LogP contribution in [0.15, 0.2) is 84.9 Å². The van der Waals surface area contributed by atoms with Crippen LogP contribution in [0.5, 0.6) is 5.75 Å². The molecule has 0 saturated carbocycles. The fourth-order valence-corrected chi connectivity index (χ4v) is 3.88. The molecule has 3 rings (SSSR count). The highest BCUT2D eigenvalue weighted by Gasteiger charge is 2.28.